The molecular formula is C23H26BrClN2O3. The second kappa shape index (κ2) is 9.58. The van der Waals surface area contributed by atoms with Crippen LogP contribution < -0.4 is 9.64 Å². The van der Waals surface area contributed by atoms with Crippen LogP contribution in [0.3, 0.4) is 0 Å². The van der Waals surface area contributed by atoms with Gasteiger partial charge in [0.25, 0.3) is 0 Å². The summed E-state index contributed by atoms with van der Waals surface area (Å²) in [5.74, 6) is 1.56. The zero-order chi connectivity index (χ0) is 21.1. The lowest BCUT2D eigenvalue weighted by atomic mass is 9.90. The van der Waals surface area contributed by atoms with Crippen LogP contribution in [0.5, 0.6) is 5.75 Å². The Balaban J connectivity index is 1.27. The number of carbonyl (C=O) groups is 1. The van der Waals surface area contributed by atoms with Crippen LogP contribution in [-0.4, -0.2) is 50.4 Å². The van der Waals surface area contributed by atoms with Crippen LogP contribution in [0.2, 0.25) is 5.02 Å². The summed E-state index contributed by atoms with van der Waals surface area (Å²) in [5.41, 5.74) is 2.13. The van der Waals surface area contributed by atoms with Crippen LogP contribution in [0.4, 0.5) is 10.5 Å². The molecule has 0 aromatic heterocycles. The van der Waals surface area contributed by atoms with Crippen molar-refractivity contribution in [1.82, 2.24) is 4.90 Å². The van der Waals surface area contributed by atoms with E-state index in [1.165, 1.54) is 5.56 Å². The standard InChI is InChI=1S/C23H26BrClN2O3/c1-29-20-6-7-22(24)17(13-20)12-16-8-10-26(11-9-16)14-21-15-27(23(28)30-21)19-4-2-18(25)3-5-19/h2-7,13,16,21H,8-12,14-15H2,1H3. The van der Waals surface area contributed by atoms with Gasteiger partial charge in [-0.1, -0.05) is 27.5 Å². The van der Waals surface area contributed by atoms with Crippen molar-refractivity contribution in [1.29, 1.82) is 0 Å². The van der Waals surface area contributed by atoms with Gasteiger partial charge in [-0.2, -0.15) is 0 Å². The second-order valence-electron chi connectivity index (χ2n) is 8.00. The summed E-state index contributed by atoms with van der Waals surface area (Å²) in [6, 6.07) is 13.5. The summed E-state index contributed by atoms with van der Waals surface area (Å²) in [5, 5.41) is 0.659. The van der Waals surface area contributed by atoms with Crippen LogP contribution in [0.1, 0.15) is 18.4 Å². The van der Waals surface area contributed by atoms with Gasteiger partial charge in [0, 0.05) is 21.7 Å². The average Bonchev–Trinajstić information content (AvgIpc) is 3.11. The Bertz CT molecular complexity index is 885. The van der Waals surface area contributed by atoms with Crippen molar-refractivity contribution in [3.05, 3.63) is 57.5 Å². The first kappa shape index (κ1) is 21.5. The lowest BCUT2D eigenvalue weighted by molar-refractivity contribution is 0.0914. The molecule has 2 aromatic carbocycles. The van der Waals surface area contributed by atoms with E-state index in [0.29, 0.717) is 17.5 Å². The van der Waals surface area contributed by atoms with Crippen molar-refractivity contribution >= 4 is 39.3 Å². The highest BCUT2D eigenvalue weighted by Gasteiger charge is 2.34. The number of hydrogen-bond acceptors (Lipinski definition) is 4. The Morgan fingerprint density at radius 2 is 1.90 bits per heavy atom. The molecule has 0 radical (unpaired) electrons. The summed E-state index contributed by atoms with van der Waals surface area (Å²) in [6.07, 6.45) is 2.96. The number of amides is 1. The van der Waals surface area contributed by atoms with Gasteiger partial charge < -0.3 is 9.47 Å². The van der Waals surface area contributed by atoms with Gasteiger partial charge in [-0.15, -0.1) is 0 Å². The van der Waals surface area contributed by atoms with Gasteiger partial charge in [-0.25, -0.2) is 4.79 Å². The lowest BCUT2D eigenvalue weighted by Crippen LogP contribution is -2.40. The number of piperidine rings is 1. The van der Waals surface area contributed by atoms with E-state index in [-0.39, 0.29) is 12.2 Å². The van der Waals surface area contributed by atoms with Crippen LogP contribution in [0.15, 0.2) is 46.9 Å². The van der Waals surface area contributed by atoms with Gasteiger partial charge in [0.1, 0.15) is 11.9 Å². The van der Waals surface area contributed by atoms with Gasteiger partial charge in [0.15, 0.2) is 0 Å². The first-order valence-corrected chi connectivity index (χ1v) is 11.5. The van der Waals surface area contributed by atoms with E-state index in [1.807, 2.05) is 18.2 Å². The fourth-order valence-electron chi connectivity index (χ4n) is 4.26. The van der Waals surface area contributed by atoms with Gasteiger partial charge in [-0.3, -0.25) is 9.80 Å². The monoisotopic (exact) mass is 492 g/mol. The number of rotatable bonds is 6. The Morgan fingerprint density at radius 3 is 2.60 bits per heavy atom. The quantitative estimate of drug-likeness (QED) is 0.541. The van der Waals surface area contributed by atoms with Gasteiger partial charge >= 0.3 is 6.09 Å². The zero-order valence-corrected chi connectivity index (χ0v) is 19.4. The molecule has 0 bridgehead atoms. The Labute approximate surface area is 191 Å². The molecule has 2 fully saturated rings. The number of ether oxygens (including phenoxy) is 2. The number of halogens is 2. The first-order valence-electron chi connectivity index (χ1n) is 10.3. The second-order valence-corrected chi connectivity index (χ2v) is 9.29. The molecule has 7 heteroatoms. The molecule has 2 aliphatic heterocycles. The predicted molar refractivity (Wildman–Crippen MR) is 123 cm³/mol. The molecule has 0 N–H and O–H groups in total. The molecule has 30 heavy (non-hydrogen) atoms. The van der Waals surface area contributed by atoms with Crippen molar-refractivity contribution in [2.75, 3.05) is 38.2 Å². The maximum absolute atomic E-state index is 12.3. The number of hydrogen-bond donors (Lipinski definition) is 0. The average molecular weight is 494 g/mol. The molecule has 1 atom stereocenters. The number of anilines is 1. The molecule has 0 spiro atoms. The molecule has 2 saturated heterocycles. The Morgan fingerprint density at radius 1 is 1.17 bits per heavy atom. The van der Waals surface area contributed by atoms with Crippen molar-refractivity contribution in [3.63, 3.8) is 0 Å². The minimum absolute atomic E-state index is 0.0998. The van der Waals surface area contributed by atoms with E-state index in [4.69, 9.17) is 21.1 Å². The third kappa shape index (κ3) is 5.10. The molecule has 0 saturated carbocycles. The van der Waals surface area contributed by atoms with Crippen molar-refractivity contribution in [2.45, 2.75) is 25.4 Å². The smallest absolute Gasteiger partial charge is 0.414 e. The highest BCUT2D eigenvalue weighted by atomic mass is 79.9. The van der Waals surface area contributed by atoms with Crippen LogP contribution >= 0.6 is 27.5 Å². The van der Waals surface area contributed by atoms with Crippen molar-refractivity contribution < 1.29 is 14.3 Å². The normalized spacial score (nSPS) is 20.4. The van der Waals surface area contributed by atoms with Gasteiger partial charge in [-0.05, 0) is 86.3 Å². The van der Waals surface area contributed by atoms with Crippen LogP contribution in [-0.2, 0) is 11.2 Å². The number of nitrogens with zero attached hydrogens (tertiary/aromatic N) is 2. The predicted octanol–water partition coefficient (Wildman–Crippen LogP) is 5.39. The molecule has 2 aliphatic rings. The zero-order valence-electron chi connectivity index (χ0n) is 17.0. The summed E-state index contributed by atoms with van der Waals surface area (Å²) in [7, 11) is 1.70. The summed E-state index contributed by atoms with van der Waals surface area (Å²) in [6.45, 7) is 3.42. The minimum Gasteiger partial charge on any atom is -0.497 e. The molecule has 5 nitrogen and oxygen atoms in total. The van der Waals surface area contributed by atoms with E-state index < -0.39 is 0 Å². The lowest BCUT2D eigenvalue weighted by Gasteiger charge is -2.33. The number of methoxy groups -OCH3 is 1. The number of benzene rings is 2. The summed E-state index contributed by atoms with van der Waals surface area (Å²) < 4.78 is 12.1. The van der Waals surface area contributed by atoms with E-state index in [0.717, 1.165) is 54.8 Å². The molecule has 1 amide bonds. The van der Waals surface area contributed by atoms with Crippen LogP contribution in [0, 0.1) is 5.92 Å². The van der Waals surface area contributed by atoms with Crippen LogP contribution in [0.25, 0.3) is 0 Å². The molecule has 160 valence electrons. The van der Waals surface area contributed by atoms with Gasteiger partial charge in [0.05, 0.1) is 13.7 Å². The molecule has 2 aromatic rings. The molecule has 2 heterocycles. The third-order valence-corrected chi connectivity index (χ3v) is 6.97. The Hall–Kier alpha value is -1.76. The van der Waals surface area contributed by atoms with Gasteiger partial charge in [0.2, 0.25) is 0 Å². The topological polar surface area (TPSA) is 42.0 Å². The highest BCUT2D eigenvalue weighted by molar-refractivity contribution is 9.10. The fraction of sp³-hybridized carbons (Fsp3) is 0.435. The Kier molecular flexibility index (Phi) is 6.86. The molecule has 1 unspecified atom stereocenters. The fourth-order valence-corrected chi connectivity index (χ4v) is 4.79. The summed E-state index contributed by atoms with van der Waals surface area (Å²) in [4.78, 5) is 16.4. The summed E-state index contributed by atoms with van der Waals surface area (Å²) >= 11 is 9.61. The maximum Gasteiger partial charge on any atom is 0.414 e. The number of likely N-dealkylation sites (tertiary alicyclic amines) is 1. The number of cyclic esters (lactones) is 1. The minimum atomic E-state index is -0.278. The third-order valence-electron chi connectivity index (χ3n) is 5.94. The highest BCUT2D eigenvalue weighted by Crippen LogP contribution is 2.29. The molecule has 0 aliphatic carbocycles. The molecular weight excluding hydrogens is 468 g/mol. The molecule has 4 rings (SSSR count). The van der Waals surface area contributed by atoms with Crippen molar-refractivity contribution in [2.24, 2.45) is 5.92 Å². The van der Waals surface area contributed by atoms with E-state index in [1.54, 1.807) is 24.1 Å². The number of carbonyl (C=O) groups excluding carboxylic acids is 1. The van der Waals surface area contributed by atoms with E-state index in [2.05, 4.69) is 33.0 Å². The SMILES string of the molecule is COc1ccc(Br)c(CC2CCN(CC3CN(c4ccc(Cl)cc4)C(=O)O3)CC2)c1. The first-order chi connectivity index (χ1) is 14.5. The van der Waals surface area contributed by atoms with E-state index >= 15 is 0 Å². The van der Waals surface area contributed by atoms with Crippen molar-refractivity contribution in [3.8, 4) is 5.75 Å². The maximum atomic E-state index is 12.3. The van der Waals surface area contributed by atoms with E-state index in [9.17, 15) is 4.79 Å². The largest absolute Gasteiger partial charge is 0.497 e.